The van der Waals surface area contributed by atoms with Crippen LogP contribution in [0.1, 0.15) is 43.1 Å². The molecule has 0 aliphatic carbocycles. The normalized spacial score (nSPS) is 13.7. The highest BCUT2D eigenvalue weighted by Crippen LogP contribution is 2.24. The standard InChI is InChI=1S/C29H33FN4O8/c1-29(2,3)42-28(37)33-17-20(21-6-4-5-7-23(21)33)10-12-31-25(35)18-32(13-11-26-40-14-15-41-26)27(36)19-8-9-22(30)24(16-19)34(38)39/h4-9,16-17,26H,10-15,18H2,1-3H3,(H,31,35). The van der Waals surface area contributed by atoms with Crippen molar-refractivity contribution in [2.45, 2.75) is 45.5 Å². The van der Waals surface area contributed by atoms with Crippen molar-refractivity contribution in [3.8, 4) is 0 Å². The molecule has 4 rings (SSSR count). The van der Waals surface area contributed by atoms with Crippen LogP contribution in [0.5, 0.6) is 0 Å². The summed E-state index contributed by atoms with van der Waals surface area (Å²) in [6.07, 6.45) is 1.28. The van der Waals surface area contributed by atoms with Crippen LogP contribution >= 0.6 is 0 Å². The molecule has 0 atom stereocenters. The Bertz CT molecular complexity index is 1480. The van der Waals surface area contributed by atoms with Crippen molar-refractivity contribution in [1.82, 2.24) is 14.8 Å². The molecule has 1 N–H and O–H groups in total. The first-order chi connectivity index (χ1) is 19.9. The number of nitrogens with one attached hydrogen (secondary N) is 1. The molecule has 1 aromatic heterocycles. The number of aromatic nitrogens is 1. The Morgan fingerprint density at radius 3 is 2.57 bits per heavy atom. The minimum absolute atomic E-state index is 0.0610. The van der Waals surface area contributed by atoms with Gasteiger partial charge in [-0.25, -0.2) is 4.79 Å². The highest BCUT2D eigenvalue weighted by atomic mass is 19.1. The number of para-hydroxylation sites is 1. The Balaban J connectivity index is 1.43. The maximum atomic E-state index is 13.9. The molecule has 0 saturated carbocycles. The largest absolute Gasteiger partial charge is 0.443 e. The van der Waals surface area contributed by atoms with Crippen LogP contribution in [0.3, 0.4) is 0 Å². The molecule has 0 unspecified atom stereocenters. The fraction of sp³-hybridized carbons (Fsp3) is 0.414. The maximum Gasteiger partial charge on any atom is 0.419 e. The molecule has 2 aromatic carbocycles. The zero-order valence-corrected chi connectivity index (χ0v) is 23.6. The van der Waals surface area contributed by atoms with Crippen LogP contribution in [0.4, 0.5) is 14.9 Å². The molecular weight excluding hydrogens is 551 g/mol. The molecule has 0 bridgehead atoms. The van der Waals surface area contributed by atoms with Crippen LogP contribution in [0.2, 0.25) is 0 Å². The van der Waals surface area contributed by atoms with E-state index in [0.717, 1.165) is 29.1 Å². The molecule has 0 radical (unpaired) electrons. The molecule has 1 saturated heterocycles. The number of hydrogen-bond donors (Lipinski definition) is 1. The topological polar surface area (TPSA) is 142 Å². The van der Waals surface area contributed by atoms with Crippen molar-refractivity contribution in [2.24, 2.45) is 0 Å². The van der Waals surface area contributed by atoms with E-state index in [1.807, 2.05) is 24.3 Å². The van der Waals surface area contributed by atoms with Crippen LogP contribution in [0.15, 0.2) is 48.7 Å². The predicted molar refractivity (Wildman–Crippen MR) is 150 cm³/mol. The van der Waals surface area contributed by atoms with Gasteiger partial charge in [0.05, 0.1) is 30.2 Å². The number of nitrogens with zero attached hydrogens (tertiary/aromatic N) is 3. The molecular formula is C29H33FN4O8. The van der Waals surface area contributed by atoms with Gasteiger partial charge in [-0.05, 0) is 51.0 Å². The van der Waals surface area contributed by atoms with E-state index in [2.05, 4.69) is 5.32 Å². The van der Waals surface area contributed by atoms with Gasteiger partial charge in [0.2, 0.25) is 11.7 Å². The lowest BCUT2D eigenvalue weighted by Crippen LogP contribution is -2.42. The first-order valence-corrected chi connectivity index (χ1v) is 13.5. The zero-order valence-electron chi connectivity index (χ0n) is 23.6. The summed E-state index contributed by atoms with van der Waals surface area (Å²) in [5.74, 6) is -2.21. The minimum Gasteiger partial charge on any atom is -0.443 e. The number of rotatable bonds is 10. The van der Waals surface area contributed by atoms with Gasteiger partial charge in [0.15, 0.2) is 6.29 Å². The monoisotopic (exact) mass is 584 g/mol. The molecule has 1 aliphatic rings. The van der Waals surface area contributed by atoms with Gasteiger partial charge in [-0.1, -0.05) is 18.2 Å². The highest BCUT2D eigenvalue weighted by Gasteiger charge is 2.26. The number of amides is 2. The quantitative estimate of drug-likeness (QED) is 0.278. The van der Waals surface area contributed by atoms with Crippen molar-refractivity contribution in [2.75, 3.05) is 32.8 Å². The van der Waals surface area contributed by atoms with Crippen LogP contribution in [-0.4, -0.2) is 77.0 Å². The number of nitro groups is 1. The summed E-state index contributed by atoms with van der Waals surface area (Å²) >= 11 is 0. The third-order valence-corrected chi connectivity index (χ3v) is 6.44. The van der Waals surface area contributed by atoms with Crippen LogP contribution in [0.25, 0.3) is 10.9 Å². The molecule has 2 amide bonds. The van der Waals surface area contributed by atoms with Gasteiger partial charge in [0.25, 0.3) is 5.91 Å². The van der Waals surface area contributed by atoms with Gasteiger partial charge in [-0.15, -0.1) is 0 Å². The van der Waals surface area contributed by atoms with E-state index in [-0.39, 0.29) is 31.6 Å². The van der Waals surface area contributed by atoms with E-state index in [1.54, 1.807) is 27.0 Å². The van der Waals surface area contributed by atoms with Gasteiger partial charge in [-0.2, -0.15) is 4.39 Å². The molecule has 224 valence electrons. The summed E-state index contributed by atoms with van der Waals surface area (Å²) in [6, 6.07) is 10.2. The van der Waals surface area contributed by atoms with E-state index >= 15 is 0 Å². The van der Waals surface area contributed by atoms with Crippen molar-refractivity contribution in [3.63, 3.8) is 0 Å². The van der Waals surface area contributed by atoms with Crippen molar-refractivity contribution in [1.29, 1.82) is 0 Å². The Morgan fingerprint density at radius 1 is 1.17 bits per heavy atom. The van der Waals surface area contributed by atoms with E-state index in [1.165, 1.54) is 9.47 Å². The second kappa shape index (κ2) is 13.1. The Kier molecular flexibility index (Phi) is 9.53. The van der Waals surface area contributed by atoms with E-state index in [0.29, 0.717) is 25.2 Å². The second-order valence-corrected chi connectivity index (χ2v) is 10.7. The molecule has 13 heteroatoms. The van der Waals surface area contributed by atoms with Crippen LogP contribution in [-0.2, 0) is 25.4 Å². The highest BCUT2D eigenvalue weighted by molar-refractivity contribution is 5.97. The number of hydrogen-bond acceptors (Lipinski definition) is 8. The van der Waals surface area contributed by atoms with E-state index < -0.39 is 46.2 Å². The lowest BCUT2D eigenvalue weighted by Gasteiger charge is -2.23. The summed E-state index contributed by atoms with van der Waals surface area (Å²) in [5.41, 5.74) is -0.139. The number of carbonyl (C=O) groups excluding carboxylic acids is 3. The Morgan fingerprint density at radius 2 is 1.88 bits per heavy atom. The lowest BCUT2D eigenvalue weighted by molar-refractivity contribution is -0.387. The number of carbonyl (C=O) groups is 3. The van der Waals surface area contributed by atoms with Gasteiger partial charge < -0.3 is 24.4 Å². The van der Waals surface area contributed by atoms with Crippen molar-refractivity contribution in [3.05, 3.63) is 75.7 Å². The fourth-order valence-electron chi connectivity index (χ4n) is 4.53. The first kappa shape index (κ1) is 30.6. The molecule has 1 aliphatic heterocycles. The van der Waals surface area contributed by atoms with E-state index in [9.17, 15) is 28.9 Å². The van der Waals surface area contributed by atoms with Crippen LogP contribution in [0, 0.1) is 15.9 Å². The van der Waals surface area contributed by atoms with Crippen molar-refractivity contribution < 1.29 is 37.9 Å². The maximum absolute atomic E-state index is 13.9. The zero-order chi connectivity index (χ0) is 30.4. The second-order valence-electron chi connectivity index (χ2n) is 10.7. The van der Waals surface area contributed by atoms with Gasteiger partial charge in [0, 0.05) is 42.7 Å². The van der Waals surface area contributed by atoms with Crippen molar-refractivity contribution >= 4 is 34.5 Å². The fourth-order valence-corrected chi connectivity index (χ4v) is 4.53. The smallest absolute Gasteiger partial charge is 0.419 e. The van der Waals surface area contributed by atoms with Crippen LogP contribution < -0.4 is 5.32 Å². The molecule has 3 aromatic rings. The predicted octanol–water partition coefficient (Wildman–Crippen LogP) is 4.04. The summed E-state index contributed by atoms with van der Waals surface area (Å²) in [7, 11) is 0. The number of benzene rings is 2. The average Bonchev–Trinajstić information content (AvgIpc) is 3.58. The first-order valence-electron chi connectivity index (χ1n) is 13.5. The molecule has 0 spiro atoms. The number of halogens is 1. The summed E-state index contributed by atoms with van der Waals surface area (Å²) in [5, 5.41) is 14.8. The number of fused-ring (bicyclic) bond motifs is 1. The molecule has 1 fully saturated rings. The number of ether oxygens (including phenoxy) is 3. The minimum atomic E-state index is -1.07. The summed E-state index contributed by atoms with van der Waals surface area (Å²) in [4.78, 5) is 50.4. The third kappa shape index (κ3) is 7.68. The average molecular weight is 585 g/mol. The van der Waals surface area contributed by atoms with E-state index in [4.69, 9.17) is 14.2 Å². The number of nitro benzene ring substituents is 1. The summed E-state index contributed by atoms with van der Waals surface area (Å²) in [6.45, 7) is 6.09. The third-order valence-electron chi connectivity index (χ3n) is 6.44. The molecule has 12 nitrogen and oxygen atoms in total. The Labute approximate surface area is 241 Å². The SMILES string of the molecule is CC(C)(C)OC(=O)n1cc(CCNC(=O)CN(CCC2OCCO2)C(=O)c2ccc(F)c([N+](=O)[O-])c2)c2ccccc21. The molecule has 42 heavy (non-hydrogen) atoms. The van der Waals surface area contributed by atoms with Gasteiger partial charge >= 0.3 is 11.8 Å². The lowest BCUT2D eigenvalue weighted by atomic mass is 10.1. The van der Waals surface area contributed by atoms with Gasteiger partial charge in [-0.3, -0.25) is 24.3 Å². The molecule has 2 heterocycles. The summed E-state index contributed by atoms with van der Waals surface area (Å²) < 4.78 is 31.6. The Hall–Kier alpha value is -4.36. The van der Waals surface area contributed by atoms with Gasteiger partial charge in [0.1, 0.15) is 5.60 Å².